The van der Waals surface area contributed by atoms with Crippen LogP contribution in [0.15, 0.2) is 18.2 Å². The Balaban J connectivity index is 2.78. The fourth-order valence-corrected chi connectivity index (χ4v) is 1.56. The zero-order valence-corrected chi connectivity index (χ0v) is 11.1. The molecule has 6 heteroatoms. The monoisotopic (exact) mass is 266 g/mol. The first-order valence-electron chi connectivity index (χ1n) is 5.95. The molecule has 0 fully saturated rings. The van der Waals surface area contributed by atoms with Crippen molar-refractivity contribution >= 4 is 11.7 Å². The van der Waals surface area contributed by atoms with E-state index >= 15 is 0 Å². The molecule has 0 saturated carbocycles. The summed E-state index contributed by atoms with van der Waals surface area (Å²) < 4.78 is 10.5. The number of benzene rings is 1. The molecule has 19 heavy (non-hydrogen) atoms. The molecular formula is C13H18N2O4. The molecule has 0 bridgehead atoms. The van der Waals surface area contributed by atoms with Crippen LogP contribution in [-0.4, -0.2) is 25.4 Å². The van der Waals surface area contributed by atoms with Crippen LogP contribution in [0.3, 0.4) is 0 Å². The van der Waals surface area contributed by atoms with Gasteiger partial charge in [0, 0.05) is 18.4 Å². The Bertz CT molecular complexity index is 460. The van der Waals surface area contributed by atoms with Crippen LogP contribution in [0.4, 0.5) is 0 Å². The normalized spacial score (nSPS) is 9.84. The lowest BCUT2D eigenvalue weighted by Gasteiger charge is -2.10. The summed E-state index contributed by atoms with van der Waals surface area (Å²) in [6, 6.07) is 4.93. The number of Topliss-reactive ketones (excluding diaryl/α,β-unsaturated/α-hetero) is 1. The molecule has 0 spiro atoms. The Kier molecular flexibility index (Phi) is 5.81. The maximum Gasteiger partial charge on any atom is 0.234 e. The van der Waals surface area contributed by atoms with E-state index in [1.807, 2.05) is 12.3 Å². The molecular weight excluding hydrogens is 248 g/mol. The minimum absolute atomic E-state index is 0.0604. The Morgan fingerprint density at radius 1 is 1.26 bits per heavy atom. The SMILES string of the molecule is CCOc1ccc(C(=O)CCC(=O)NN)cc1OC. The van der Waals surface area contributed by atoms with Crippen LogP contribution < -0.4 is 20.7 Å². The van der Waals surface area contributed by atoms with Crippen molar-refractivity contribution in [3.05, 3.63) is 23.8 Å². The lowest BCUT2D eigenvalue weighted by atomic mass is 10.1. The molecule has 6 nitrogen and oxygen atoms in total. The average molecular weight is 266 g/mol. The van der Waals surface area contributed by atoms with Crippen LogP contribution in [0.5, 0.6) is 11.5 Å². The van der Waals surface area contributed by atoms with Crippen LogP contribution >= 0.6 is 0 Å². The summed E-state index contributed by atoms with van der Waals surface area (Å²) in [5.41, 5.74) is 2.46. The minimum atomic E-state index is -0.369. The van der Waals surface area contributed by atoms with Crippen molar-refractivity contribution in [2.24, 2.45) is 5.84 Å². The summed E-state index contributed by atoms with van der Waals surface area (Å²) in [6.45, 7) is 2.38. The average Bonchev–Trinajstić information content (AvgIpc) is 2.44. The maximum atomic E-state index is 11.9. The Morgan fingerprint density at radius 2 is 2.00 bits per heavy atom. The quantitative estimate of drug-likeness (QED) is 0.333. The molecule has 0 aliphatic rings. The molecule has 0 radical (unpaired) electrons. The summed E-state index contributed by atoms with van der Waals surface area (Å²) >= 11 is 0. The molecule has 0 aliphatic heterocycles. The number of hydrogen-bond acceptors (Lipinski definition) is 5. The number of carbonyl (C=O) groups excluding carboxylic acids is 2. The van der Waals surface area contributed by atoms with Crippen LogP contribution in [0.1, 0.15) is 30.1 Å². The summed E-state index contributed by atoms with van der Waals surface area (Å²) in [5.74, 6) is 5.51. The second-order valence-corrected chi connectivity index (χ2v) is 3.79. The van der Waals surface area contributed by atoms with Crippen molar-refractivity contribution in [1.29, 1.82) is 0 Å². The molecule has 0 unspecified atom stereocenters. The van der Waals surface area contributed by atoms with E-state index in [9.17, 15) is 9.59 Å². The van der Waals surface area contributed by atoms with Crippen LogP contribution in [0.2, 0.25) is 0 Å². The fourth-order valence-electron chi connectivity index (χ4n) is 1.56. The van der Waals surface area contributed by atoms with E-state index in [0.29, 0.717) is 23.7 Å². The number of hydrazine groups is 1. The number of nitrogens with one attached hydrogen (secondary N) is 1. The topological polar surface area (TPSA) is 90.7 Å². The Labute approximate surface area is 111 Å². The van der Waals surface area contributed by atoms with Gasteiger partial charge >= 0.3 is 0 Å². The number of rotatable bonds is 7. The third-order valence-electron chi connectivity index (χ3n) is 2.53. The summed E-state index contributed by atoms with van der Waals surface area (Å²) in [6.07, 6.45) is 0.158. The van der Waals surface area contributed by atoms with E-state index in [1.54, 1.807) is 18.2 Å². The molecule has 0 atom stereocenters. The van der Waals surface area contributed by atoms with Crippen LogP contribution in [-0.2, 0) is 4.79 Å². The minimum Gasteiger partial charge on any atom is -0.493 e. The highest BCUT2D eigenvalue weighted by atomic mass is 16.5. The highest BCUT2D eigenvalue weighted by Crippen LogP contribution is 2.28. The number of ether oxygens (including phenoxy) is 2. The number of carbonyl (C=O) groups is 2. The highest BCUT2D eigenvalue weighted by Gasteiger charge is 2.12. The molecule has 0 heterocycles. The molecule has 3 N–H and O–H groups in total. The summed E-state index contributed by atoms with van der Waals surface area (Å²) in [4.78, 5) is 22.9. The van der Waals surface area contributed by atoms with E-state index < -0.39 is 0 Å². The van der Waals surface area contributed by atoms with Gasteiger partial charge in [0.05, 0.1) is 13.7 Å². The zero-order valence-electron chi connectivity index (χ0n) is 11.1. The molecule has 0 aliphatic carbocycles. The Hall–Kier alpha value is -2.08. The van der Waals surface area contributed by atoms with Crippen molar-refractivity contribution in [3.8, 4) is 11.5 Å². The van der Waals surface area contributed by atoms with E-state index in [-0.39, 0.29) is 24.5 Å². The van der Waals surface area contributed by atoms with Crippen molar-refractivity contribution < 1.29 is 19.1 Å². The van der Waals surface area contributed by atoms with Crippen molar-refractivity contribution in [2.75, 3.05) is 13.7 Å². The standard InChI is InChI=1S/C13H18N2O4/c1-3-19-11-6-4-9(8-12(11)18-2)10(16)5-7-13(17)15-14/h4,6,8H,3,5,7,14H2,1-2H3,(H,15,17). The first-order valence-corrected chi connectivity index (χ1v) is 5.95. The van der Waals surface area contributed by atoms with Gasteiger partial charge in [-0.15, -0.1) is 0 Å². The lowest BCUT2D eigenvalue weighted by Crippen LogP contribution is -2.30. The van der Waals surface area contributed by atoms with Gasteiger partial charge in [0.15, 0.2) is 17.3 Å². The van der Waals surface area contributed by atoms with Gasteiger partial charge in [-0.3, -0.25) is 15.0 Å². The van der Waals surface area contributed by atoms with Gasteiger partial charge < -0.3 is 9.47 Å². The first kappa shape index (κ1) is 15.0. The molecule has 1 aromatic carbocycles. The lowest BCUT2D eigenvalue weighted by molar-refractivity contribution is -0.121. The second-order valence-electron chi connectivity index (χ2n) is 3.79. The molecule has 1 aromatic rings. The number of amides is 1. The largest absolute Gasteiger partial charge is 0.493 e. The molecule has 1 rings (SSSR count). The Morgan fingerprint density at radius 3 is 2.58 bits per heavy atom. The maximum absolute atomic E-state index is 11.9. The summed E-state index contributed by atoms with van der Waals surface area (Å²) in [7, 11) is 1.51. The third-order valence-corrected chi connectivity index (χ3v) is 2.53. The van der Waals surface area contributed by atoms with E-state index in [1.165, 1.54) is 7.11 Å². The highest BCUT2D eigenvalue weighted by molar-refractivity contribution is 5.98. The van der Waals surface area contributed by atoms with Crippen molar-refractivity contribution in [1.82, 2.24) is 5.43 Å². The van der Waals surface area contributed by atoms with E-state index in [0.717, 1.165) is 0 Å². The predicted octanol–water partition coefficient (Wildman–Crippen LogP) is 1.05. The molecule has 0 aromatic heterocycles. The summed E-state index contributed by atoms with van der Waals surface area (Å²) in [5, 5.41) is 0. The smallest absolute Gasteiger partial charge is 0.234 e. The number of hydrogen-bond donors (Lipinski definition) is 2. The third kappa shape index (κ3) is 4.26. The number of methoxy groups -OCH3 is 1. The van der Waals surface area contributed by atoms with Gasteiger partial charge in [0.1, 0.15) is 0 Å². The number of ketones is 1. The van der Waals surface area contributed by atoms with Gasteiger partial charge in [-0.2, -0.15) is 0 Å². The van der Waals surface area contributed by atoms with Gasteiger partial charge in [0.2, 0.25) is 5.91 Å². The van der Waals surface area contributed by atoms with E-state index in [4.69, 9.17) is 15.3 Å². The first-order chi connectivity index (χ1) is 9.12. The van der Waals surface area contributed by atoms with Gasteiger partial charge in [-0.1, -0.05) is 0 Å². The van der Waals surface area contributed by atoms with Gasteiger partial charge in [-0.25, -0.2) is 5.84 Å². The van der Waals surface area contributed by atoms with Crippen molar-refractivity contribution in [3.63, 3.8) is 0 Å². The van der Waals surface area contributed by atoms with Crippen LogP contribution in [0.25, 0.3) is 0 Å². The molecule has 104 valence electrons. The zero-order chi connectivity index (χ0) is 14.3. The van der Waals surface area contributed by atoms with Crippen LogP contribution in [0, 0.1) is 0 Å². The molecule has 1 amide bonds. The van der Waals surface area contributed by atoms with Gasteiger partial charge in [0.25, 0.3) is 0 Å². The van der Waals surface area contributed by atoms with E-state index in [2.05, 4.69) is 0 Å². The number of nitrogens with two attached hydrogens (primary N) is 1. The fraction of sp³-hybridized carbons (Fsp3) is 0.385. The molecule has 0 saturated heterocycles. The van der Waals surface area contributed by atoms with Crippen molar-refractivity contribution in [2.45, 2.75) is 19.8 Å². The predicted molar refractivity (Wildman–Crippen MR) is 70.1 cm³/mol. The second kappa shape index (κ2) is 7.38. The van der Waals surface area contributed by atoms with Gasteiger partial charge in [-0.05, 0) is 25.1 Å².